The van der Waals surface area contributed by atoms with Gasteiger partial charge in [-0.2, -0.15) is 0 Å². The summed E-state index contributed by atoms with van der Waals surface area (Å²) < 4.78 is 0. The summed E-state index contributed by atoms with van der Waals surface area (Å²) in [5, 5.41) is 2.82. The molecule has 6 heteroatoms. The number of nitrogens with zero attached hydrogens (tertiary/aromatic N) is 1. The van der Waals surface area contributed by atoms with Crippen molar-refractivity contribution >= 4 is 17.7 Å². The van der Waals surface area contributed by atoms with E-state index in [1.54, 1.807) is 31.2 Å². The molecule has 0 aromatic heterocycles. The van der Waals surface area contributed by atoms with Crippen molar-refractivity contribution in [2.75, 3.05) is 6.54 Å². The molecule has 1 unspecified atom stereocenters. The van der Waals surface area contributed by atoms with E-state index in [2.05, 4.69) is 5.32 Å². The second kappa shape index (κ2) is 5.19. The minimum atomic E-state index is -0.505. The summed E-state index contributed by atoms with van der Waals surface area (Å²) in [6, 6.07) is 6.18. The van der Waals surface area contributed by atoms with Crippen molar-refractivity contribution in [2.45, 2.75) is 19.5 Å². The van der Waals surface area contributed by atoms with Crippen LogP contribution in [0.5, 0.6) is 0 Å². The molecule has 3 N–H and O–H groups in total. The van der Waals surface area contributed by atoms with Crippen LogP contribution in [0.4, 0.5) is 0 Å². The van der Waals surface area contributed by atoms with Crippen LogP contribution in [-0.4, -0.2) is 35.2 Å². The van der Waals surface area contributed by atoms with Gasteiger partial charge in [0.25, 0.3) is 0 Å². The molecule has 3 amide bonds. The molecule has 0 aliphatic carbocycles. The van der Waals surface area contributed by atoms with Gasteiger partial charge in [-0.05, 0) is 24.6 Å². The number of piperazine rings is 1. The number of hydrogen-bond donors (Lipinski definition) is 2. The smallest absolute Gasteiger partial charge is 0.248 e. The summed E-state index contributed by atoms with van der Waals surface area (Å²) >= 11 is 0. The van der Waals surface area contributed by atoms with Gasteiger partial charge in [0.05, 0.1) is 19.1 Å². The Labute approximate surface area is 110 Å². The van der Waals surface area contributed by atoms with Gasteiger partial charge in [-0.1, -0.05) is 12.1 Å². The minimum Gasteiger partial charge on any atom is -0.366 e. The Morgan fingerprint density at radius 3 is 2.58 bits per heavy atom. The third-order valence-corrected chi connectivity index (χ3v) is 3.08. The Bertz CT molecular complexity index is 524. The molecule has 1 aliphatic heterocycles. The van der Waals surface area contributed by atoms with Crippen LogP contribution in [-0.2, 0) is 16.1 Å². The van der Waals surface area contributed by atoms with Crippen LogP contribution in [0, 0.1) is 0 Å². The Kier molecular flexibility index (Phi) is 3.62. The molecule has 0 radical (unpaired) electrons. The van der Waals surface area contributed by atoms with E-state index in [9.17, 15) is 14.4 Å². The first-order chi connectivity index (χ1) is 8.99. The SMILES string of the molecule is CC1NCC(=O)N(Cc2ccc(C(N)=O)cc2)C1=O. The molecule has 1 heterocycles. The van der Waals surface area contributed by atoms with Gasteiger partial charge in [-0.25, -0.2) is 0 Å². The normalized spacial score (nSPS) is 19.6. The summed E-state index contributed by atoms with van der Waals surface area (Å²) in [6.45, 7) is 2.09. The Morgan fingerprint density at radius 2 is 2.00 bits per heavy atom. The maximum absolute atomic E-state index is 11.9. The number of rotatable bonds is 3. The van der Waals surface area contributed by atoms with E-state index in [0.717, 1.165) is 5.56 Å². The first-order valence-corrected chi connectivity index (χ1v) is 5.95. The number of primary amides is 1. The molecule has 19 heavy (non-hydrogen) atoms. The molecule has 1 fully saturated rings. The topological polar surface area (TPSA) is 92.5 Å². The predicted octanol–water partition coefficient (Wildman–Crippen LogP) is -0.368. The third-order valence-electron chi connectivity index (χ3n) is 3.08. The van der Waals surface area contributed by atoms with E-state index in [1.807, 2.05) is 0 Å². The fourth-order valence-electron chi connectivity index (χ4n) is 1.90. The second-order valence-electron chi connectivity index (χ2n) is 4.48. The fraction of sp³-hybridized carbons (Fsp3) is 0.308. The number of hydrogen-bond acceptors (Lipinski definition) is 4. The van der Waals surface area contributed by atoms with E-state index in [-0.39, 0.29) is 30.9 Å². The number of amides is 3. The molecule has 2 rings (SSSR count). The monoisotopic (exact) mass is 261 g/mol. The maximum Gasteiger partial charge on any atom is 0.248 e. The Hall–Kier alpha value is -2.21. The lowest BCUT2D eigenvalue weighted by atomic mass is 10.1. The highest BCUT2D eigenvalue weighted by atomic mass is 16.2. The van der Waals surface area contributed by atoms with Crippen molar-refractivity contribution in [2.24, 2.45) is 5.73 Å². The standard InChI is InChI=1S/C13H15N3O3/c1-8-13(19)16(11(17)6-15-8)7-9-2-4-10(5-3-9)12(14)18/h2-5,8,15H,6-7H2,1H3,(H2,14,18). The Balaban J connectivity index is 2.13. The summed E-state index contributed by atoms with van der Waals surface area (Å²) in [4.78, 5) is 35.7. The van der Waals surface area contributed by atoms with Crippen molar-refractivity contribution in [1.29, 1.82) is 0 Å². The zero-order chi connectivity index (χ0) is 14.0. The third kappa shape index (κ3) is 2.79. The number of nitrogens with two attached hydrogens (primary N) is 1. The summed E-state index contributed by atoms with van der Waals surface area (Å²) in [5.74, 6) is -0.994. The molecule has 1 saturated heterocycles. The largest absolute Gasteiger partial charge is 0.366 e. The van der Waals surface area contributed by atoms with Crippen LogP contribution >= 0.6 is 0 Å². The van der Waals surface area contributed by atoms with Crippen molar-refractivity contribution in [3.8, 4) is 0 Å². The molecule has 1 aromatic carbocycles. The van der Waals surface area contributed by atoms with E-state index < -0.39 is 5.91 Å². The fourth-order valence-corrected chi connectivity index (χ4v) is 1.90. The maximum atomic E-state index is 11.9. The lowest BCUT2D eigenvalue weighted by Gasteiger charge is -2.29. The predicted molar refractivity (Wildman–Crippen MR) is 68.0 cm³/mol. The van der Waals surface area contributed by atoms with Gasteiger partial charge < -0.3 is 5.73 Å². The molecular weight excluding hydrogens is 246 g/mol. The number of benzene rings is 1. The average Bonchev–Trinajstić information content (AvgIpc) is 2.40. The lowest BCUT2D eigenvalue weighted by molar-refractivity contribution is -0.149. The van der Waals surface area contributed by atoms with Gasteiger partial charge in [-0.3, -0.25) is 24.6 Å². The van der Waals surface area contributed by atoms with Crippen LogP contribution in [0.3, 0.4) is 0 Å². The lowest BCUT2D eigenvalue weighted by Crippen LogP contribution is -2.56. The quantitative estimate of drug-likeness (QED) is 0.726. The molecule has 100 valence electrons. The first kappa shape index (κ1) is 13.2. The molecule has 1 aromatic rings. The van der Waals surface area contributed by atoms with E-state index >= 15 is 0 Å². The van der Waals surface area contributed by atoms with Crippen LogP contribution in [0.15, 0.2) is 24.3 Å². The molecule has 0 bridgehead atoms. The van der Waals surface area contributed by atoms with E-state index in [1.165, 1.54) is 4.90 Å². The van der Waals surface area contributed by atoms with Crippen LogP contribution < -0.4 is 11.1 Å². The summed E-state index contributed by atoms with van der Waals surface area (Å²) in [6.07, 6.45) is 0. The van der Waals surface area contributed by atoms with Crippen molar-refractivity contribution in [3.05, 3.63) is 35.4 Å². The van der Waals surface area contributed by atoms with E-state index in [0.29, 0.717) is 5.56 Å². The van der Waals surface area contributed by atoms with Gasteiger partial charge in [0.1, 0.15) is 0 Å². The molecule has 0 saturated carbocycles. The van der Waals surface area contributed by atoms with Gasteiger partial charge in [0.2, 0.25) is 17.7 Å². The number of carbonyl (C=O) groups is 3. The van der Waals surface area contributed by atoms with Gasteiger partial charge >= 0.3 is 0 Å². The average molecular weight is 261 g/mol. The number of carbonyl (C=O) groups excluding carboxylic acids is 3. The summed E-state index contributed by atoms with van der Waals surface area (Å²) in [7, 11) is 0. The summed E-state index contributed by atoms with van der Waals surface area (Å²) in [5.41, 5.74) is 6.32. The molecule has 6 nitrogen and oxygen atoms in total. The van der Waals surface area contributed by atoms with Crippen molar-refractivity contribution in [1.82, 2.24) is 10.2 Å². The zero-order valence-corrected chi connectivity index (χ0v) is 10.6. The highest BCUT2D eigenvalue weighted by Gasteiger charge is 2.30. The molecular formula is C13H15N3O3. The van der Waals surface area contributed by atoms with Gasteiger partial charge in [0.15, 0.2) is 0 Å². The van der Waals surface area contributed by atoms with Crippen molar-refractivity contribution in [3.63, 3.8) is 0 Å². The van der Waals surface area contributed by atoms with E-state index in [4.69, 9.17) is 5.73 Å². The zero-order valence-electron chi connectivity index (χ0n) is 10.6. The first-order valence-electron chi connectivity index (χ1n) is 5.95. The Morgan fingerprint density at radius 1 is 1.37 bits per heavy atom. The van der Waals surface area contributed by atoms with Crippen LogP contribution in [0.1, 0.15) is 22.8 Å². The number of nitrogens with one attached hydrogen (secondary N) is 1. The molecule has 1 aliphatic rings. The van der Waals surface area contributed by atoms with Crippen molar-refractivity contribution < 1.29 is 14.4 Å². The van der Waals surface area contributed by atoms with Crippen LogP contribution in [0.2, 0.25) is 0 Å². The minimum absolute atomic E-state index is 0.159. The van der Waals surface area contributed by atoms with Gasteiger partial charge in [-0.15, -0.1) is 0 Å². The number of imide groups is 1. The molecule has 1 atom stereocenters. The highest BCUT2D eigenvalue weighted by Crippen LogP contribution is 2.11. The molecule has 0 spiro atoms. The highest BCUT2D eigenvalue weighted by molar-refractivity contribution is 6.00. The van der Waals surface area contributed by atoms with Crippen LogP contribution in [0.25, 0.3) is 0 Å². The second-order valence-corrected chi connectivity index (χ2v) is 4.48. The van der Waals surface area contributed by atoms with Gasteiger partial charge in [0, 0.05) is 5.56 Å².